The monoisotopic (exact) mass is 463 g/mol. The van der Waals surface area contributed by atoms with Crippen LogP contribution in [-0.4, -0.2) is 38.7 Å². The highest BCUT2D eigenvalue weighted by Gasteiger charge is 2.19. The van der Waals surface area contributed by atoms with E-state index < -0.39 is 0 Å². The molecule has 1 amide bonds. The van der Waals surface area contributed by atoms with Crippen molar-refractivity contribution in [2.24, 2.45) is 0 Å². The van der Waals surface area contributed by atoms with Crippen LogP contribution in [0.4, 0.5) is 0 Å². The summed E-state index contributed by atoms with van der Waals surface area (Å²) in [4.78, 5) is 15.3. The Morgan fingerprint density at radius 3 is 2.12 bits per heavy atom. The van der Waals surface area contributed by atoms with E-state index in [0.29, 0.717) is 48.3 Å². The first-order chi connectivity index (χ1) is 16.6. The van der Waals surface area contributed by atoms with Crippen molar-refractivity contribution >= 4 is 5.91 Å². The molecule has 3 rings (SSSR count). The normalized spacial score (nSPS) is 10.5. The van der Waals surface area contributed by atoms with Crippen LogP contribution in [0.3, 0.4) is 0 Å². The van der Waals surface area contributed by atoms with Gasteiger partial charge in [-0.05, 0) is 41.8 Å². The summed E-state index contributed by atoms with van der Waals surface area (Å²) in [5.74, 6) is 2.40. The minimum Gasteiger partial charge on any atom is -0.497 e. The van der Waals surface area contributed by atoms with Gasteiger partial charge in [0.05, 0.1) is 21.3 Å². The van der Waals surface area contributed by atoms with Gasteiger partial charge in [-0.25, -0.2) is 0 Å². The molecule has 0 atom stereocenters. The molecule has 0 aliphatic carbocycles. The molecule has 0 N–H and O–H groups in total. The number of amides is 1. The number of unbranched alkanes of at least 4 members (excludes halogenated alkanes) is 1. The molecule has 6 heteroatoms. The number of rotatable bonds is 12. The van der Waals surface area contributed by atoms with E-state index >= 15 is 0 Å². The molecule has 3 aromatic rings. The Labute approximate surface area is 202 Å². The third-order valence-electron chi connectivity index (χ3n) is 5.51. The predicted molar refractivity (Wildman–Crippen MR) is 133 cm³/mol. The second-order valence-corrected chi connectivity index (χ2v) is 7.94. The number of methoxy groups -OCH3 is 3. The quantitative estimate of drug-likeness (QED) is 0.343. The second-order valence-electron chi connectivity index (χ2n) is 7.94. The van der Waals surface area contributed by atoms with Crippen LogP contribution < -0.4 is 18.9 Å². The standard InChI is InChI=1S/C28H33NO5/c1-5-6-14-29(28(30)23-16-24(31-2)18-25(17-23)32-3)19-22-12-13-26(27(15-22)33-4)34-20-21-10-8-7-9-11-21/h7-13,15-18H,5-6,14,19-20H2,1-4H3. The van der Waals surface area contributed by atoms with Crippen LogP contribution in [0.15, 0.2) is 66.7 Å². The van der Waals surface area contributed by atoms with E-state index in [-0.39, 0.29) is 5.91 Å². The molecule has 0 heterocycles. The van der Waals surface area contributed by atoms with Gasteiger partial charge in [0.25, 0.3) is 5.91 Å². The third kappa shape index (κ3) is 6.67. The molecule has 6 nitrogen and oxygen atoms in total. The van der Waals surface area contributed by atoms with E-state index in [0.717, 1.165) is 24.0 Å². The van der Waals surface area contributed by atoms with Gasteiger partial charge in [0.2, 0.25) is 0 Å². The molecule has 0 spiro atoms. The maximum atomic E-state index is 13.4. The van der Waals surface area contributed by atoms with Crippen LogP contribution in [0.2, 0.25) is 0 Å². The van der Waals surface area contributed by atoms with Crippen LogP contribution in [0.5, 0.6) is 23.0 Å². The molecule has 0 radical (unpaired) electrons. The van der Waals surface area contributed by atoms with Crippen molar-refractivity contribution in [1.29, 1.82) is 0 Å². The number of hydrogen-bond acceptors (Lipinski definition) is 5. The topological polar surface area (TPSA) is 57.2 Å². The van der Waals surface area contributed by atoms with Crippen molar-refractivity contribution in [2.45, 2.75) is 32.9 Å². The van der Waals surface area contributed by atoms with Crippen LogP contribution >= 0.6 is 0 Å². The SMILES string of the molecule is CCCCN(Cc1ccc(OCc2ccccc2)c(OC)c1)C(=O)c1cc(OC)cc(OC)c1. The first-order valence-electron chi connectivity index (χ1n) is 11.4. The Morgan fingerprint density at radius 2 is 1.50 bits per heavy atom. The van der Waals surface area contributed by atoms with Gasteiger partial charge in [-0.1, -0.05) is 49.7 Å². The first-order valence-corrected chi connectivity index (χ1v) is 11.4. The third-order valence-corrected chi connectivity index (χ3v) is 5.51. The lowest BCUT2D eigenvalue weighted by Gasteiger charge is -2.24. The highest BCUT2D eigenvalue weighted by Crippen LogP contribution is 2.30. The smallest absolute Gasteiger partial charge is 0.254 e. The molecule has 180 valence electrons. The Balaban J connectivity index is 1.79. The summed E-state index contributed by atoms with van der Waals surface area (Å²) in [5, 5.41) is 0. The zero-order valence-electron chi connectivity index (χ0n) is 20.4. The van der Waals surface area contributed by atoms with Gasteiger partial charge in [0.1, 0.15) is 18.1 Å². The van der Waals surface area contributed by atoms with Crippen molar-refractivity contribution in [1.82, 2.24) is 4.90 Å². The number of nitrogens with zero attached hydrogens (tertiary/aromatic N) is 1. The van der Waals surface area contributed by atoms with Gasteiger partial charge in [-0.2, -0.15) is 0 Å². The van der Waals surface area contributed by atoms with Crippen molar-refractivity contribution in [3.8, 4) is 23.0 Å². The van der Waals surface area contributed by atoms with E-state index in [1.54, 1.807) is 39.5 Å². The van der Waals surface area contributed by atoms with Gasteiger partial charge >= 0.3 is 0 Å². The van der Waals surface area contributed by atoms with Crippen LogP contribution in [0.1, 0.15) is 41.3 Å². The molecule has 34 heavy (non-hydrogen) atoms. The lowest BCUT2D eigenvalue weighted by atomic mass is 10.1. The average molecular weight is 464 g/mol. The molecular formula is C28H33NO5. The molecule has 0 bridgehead atoms. The summed E-state index contributed by atoms with van der Waals surface area (Å²) >= 11 is 0. The van der Waals surface area contributed by atoms with Crippen molar-refractivity contribution in [3.05, 3.63) is 83.4 Å². The molecular weight excluding hydrogens is 430 g/mol. The zero-order valence-corrected chi connectivity index (χ0v) is 20.4. The molecule has 3 aromatic carbocycles. The van der Waals surface area contributed by atoms with Gasteiger partial charge in [-0.3, -0.25) is 4.79 Å². The summed E-state index contributed by atoms with van der Waals surface area (Å²) < 4.78 is 22.2. The van der Waals surface area contributed by atoms with Crippen molar-refractivity contribution in [3.63, 3.8) is 0 Å². The maximum Gasteiger partial charge on any atom is 0.254 e. The minimum absolute atomic E-state index is 0.0750. The Bertz CT molecular complexity index is 1050. The van der Waals surface area contributed by atoms with Gasteiger partial charge in [0.15, 0.2) is 11.5 Å². The summed E-state index contributed by atoms with van der Waals surface area (Å²) in [7, 11) is 4.77. The summed E-state index contributed by atoms with van der Waals surface area (Å²) in [6.45, 7) is 3.66. The highest BCUT2D eigenvalue weighted by molar-refractivity contribution is 5.95. The number of benzene rings is 3. The summed E-state index contributed by atoms with van der Waals surface area (Å²) in [6, 6.07) is 21.0. The average Bonchev–Trinajstić information content (AvgIpc) is 2.89. The summed E-state index contributed by atoms with van der Waals surface area (Å²) in [6.07, 6.45) is 1.89. The van der Waals surface area contributed by atoms with E-state index in [9.17, 15) is 4.79 Å². The molecule has 0 aliphatic rings. The molecule has 0 unspecified atom stereocenters. The summed E-state index contributed by atoms with van der Waals surface area (Å²) in [5.41, 5.74) is 2.57. The molecule has 0 aromatic heterocycles. The Kier molecular flexibility index (Phi) is 9.21. The molecule has 0 aliphatic heterocycles. The van der Waals surface area contributed by atoms with Crippen molar-refractivity contribution < 1.29 is 23.7 Å². The molecule has 0 fully saturated rings. The number of ether oxygens (including phenoxy) is 4. The fourth-order valence-electron chi connectivity index (χ4n) is 3.60. The fourth-order valence-corrected chi connectivity index (χ4v) is 3.60. The predicted octanol–water partition coefficient (Wildman–Crippen LogP) is 5.73. The second kappa shape index (κ2) is 12.5. The number of carbonyl (C=O) groups excluding carboxylic acids is 1. The highest BCUT2D eigenvalue weighted by atomic mass is 16.5. The van der Waals surface area contributed by atoms with E-state index in [1.165, 1.54) is 0 Å². The molecule has 0 saturated carbocycles. The fraction of sp³-hybridized carbons (Fsp3) is 0.321. The van der Waals surface area contributed by atoms with Gasteiger partial charge in [0, 0.05) is 24.7 Å². The molecule has 0 saturated heterocycles. The minimum atomic E-state index is -0.0750. The zero-order chi connectivity index (χ0) is 24.3. The van der Waals surface area contributed by atoms with Crippen molar-refractivity contribution in [2.75, 3.05) is 27.9 Å². The lowest BCUT2D eigenvalue weighted by Crippen LogP contribution is -2.31. The van der Waals surface area contributed by atoms with Crippen LogP contribution in [0, 0.1) is 0 Å². The Hall–Kier alpha value is -3.67. The lowest BCUT2D eigenvalue weighted by molar-refractivity contribution is 0.0740. The van der Waals surface area contributed by atoms with Crippen LogP contribution in [0.25, 0.3) is 0 Å². The largest absolute Gasteiger partial charge is 0.497 e. The van der Waals surface area contributed by atoms with E-state index in [1.807, 2.05) is 53.4 Å². The first kappa shape index (κ1) is 25.0. The van der Waals surface area contributed by atoms with Gasteiger partial charge in [-0.15, -0.1) is 0 Å². The number of carbonyl (C=O) groups is 1. The Morgan fingerprint density at radius 1 is 0.794 bits per heavy atom. The van der Waals surface area contributed by atoms with E-state index in [4.69, 9.17) is 18.9 Å². The number of hydrogen-bond donors (Lipinski definition) is 0. The van der Waals surface area contributed by atoms with Gasteiger partial charge < -0.3 is 23.8 Å². The maximum absolute atomic E-state index is 13.4. The van der Waals surface area contributed by atoms with Crippen LogP contribution in [-0.2, 0) is 13.2 Å². The van der Waals surface area contributed by atoms with E-state index in [2.05, 4.69) is 6.92 Å².